The summed E-state index contributed by atoms with van der Waals surface area (Å²) < 4.78 is 5.18. The number of halogens is 1. The van der Waals surface area contributed by atoms with E-state index in [1.807, 2.05) is 6.07 Å². The maximum atomic E-state index is 11.7. The fourth-order valence-electron chi connectivity index (χ4n) is 2.79. The predicted molar refractivity (Wildman–Crippen MR) is 70.4 cm³/mol. The molecule has 0 spiro atoms. The van der Waals surface area contributed by atoms with Gasteiger partial charge in [-0.05, 0) is 24.5 Å². The van der Waals surface area contributed by atoms with Crippen molar-refractivity contribution in [2.45, 2.75) is 37.5 Å². The van der Waals surface area contributed by atoms with Gasteiger partial charge in [-0.2, -0.15) is 0 Å². The van der Waals surface area contributed by atoms with Crippen LogP contribution in [0.4, 0.5) is 0 Å². The summed E-state index contributed by atoms with van der Waals surface area (Å²) in [6.45, 7) is 0. The first-order valence-electron chi connectivity index (χ1n) is 6.18. The van der Waals surface area contributed by atoms with Crippen molar-refractivity contribution in [3.05, 3.63) is 28.8 Å². The van der Waals surface area contributed by atoms with Gasteiger partial charge < -0.3 is 9.84 Å². The average Bonchev–Trinajstić information content (AvgIpc) is 2.39. The Labute approximate surface area is 112 Å². The smallest absolute Gasteiger partial charge is 0.314 e. The van der Waals surface area contributed by atoms with Gasteiger partial charge in [0.2, 0.25) is 0 Å². The third-order valence-corrected chi connectivity index (χ3v) is 4.21. The summed E-state index contributed by atoms with van der Waals surface area (Å²) >= 11 is 6.29. The highest BCUT2D eigenvalue weighted by Crippen LogP contribution is 2.44. The second-order valence-corrected chi connectivity index (χ2v) is 5.15. The first-order chi connectivity index (χ1) is 8.62. The lowest BCUT2D eigenvalue weighted by molar-refractivity contribution is -0.145. The van der Waals surface area contributed by atoms with Crippen LogP contribution in [0.3, 0.4) is 0 Å². The van der Waals surface area contributed by atoms with Crippen molar-refractivity contribution in [2.24, 2.45) is 0 Å². The first-order valence-corrected chi connectivity index (χ1v) is 6.56. The zero-order valence-electron chi connectivity index (χ0n) is 10.4. The van der Waals surface area contributed by atoms with Gasteiger partial charge in [-0.25, -0.2) is 0 Å². The van der Waals surface area contributed by atoms with E-state index >= 15 is 0 Å². The normalized spacial score (nSPS) is 18.3. The molecule has 0 aliphatic heterocycles. The summed E-state index contributed by atoms with van der Waals surface area (Å²) in [7, 11) is 1.54. The SMILES string of the molecule is COc1cccc(C2(C(=O)O)CCCCC2)c1Cl. The van der Waals surface area contributed by atoms with E-state index in [1.165, 1.54) is 0 Å². The summed E-state index contributed by atoms with van der Waals surface area (Å²) in [5, 5.41) is 10.1. The van der Waals surface area contributed by atoms with E-state index in [0.29, 0.717) is 29.2 Å². The first kappa shape index (κ1) is 13.2. The molecule has 1 aliphatic rings. The van der Waals surface area contributed by atoms with Gasteiger partial charge >= 0.3 is 5.97 Å². The minimum atomic E-state index is -0.843. The number of rotatable bonds is 3. The molecule has 1 aliphatic carbocycles. The van der Waals surface area contributed by atoms with Crippen molar-refractivity contribution < 1.29 is 14.6 Å². The molecule has 4 heteroatoms. The Hall–Kier alpha value is -1.22. The number of carbonyl (C=O) groups is 1. The Bertz CT molecular complexity index is 450. The minimum absolute atomic E-state index is 0.435. The lowest BCUT2D eigenvalue weighted by atomic mass is 9.69. The molecule has 1 aromatic carbocycles. The summed E-state index contributed by atoms with van der Waals surface area (Å²) in [4.78, 5) is 11.7. The lowest BCUT2D eigenvalue weighted by Crippen LogP contribution is -2.38. The molecule has 1 N–H and O–H groups in total. The molecule has 98 valence electrons. The Morgan fingerprint density at radius 2 is 2.00 bits per heavy atom. The van der Waals surface area contributed by atoms with Gasteiger partial charge in [-0.3, -0.25) is 4.79 Å². The molecule has 1 saturated carbocycles. The van der Waals surface area contributed by atoms with Gasteiger partial charge in [0.1, 0.15) is 5.75 Å². The molecule has 0 heterocycles. The highest BCUT2D eigenvalue weighted by molar-refractivity contribution is 6.33. The van der Waals surface area contributed by atoms with Gasteiger partial charge in [0.05, 0.1) is 17.5 Å². The van der Waals surface area contributed by atoms with E-state index in [9.17, 15) is 9.90 Å². The van der Waals surface area contributed by atoms with Crippen molar-refractivity contribution in [3.8, 4) is 5.75 Å². The third kappa shape index (κ3) is 2.07. The standard InChI is InChI=1S/C14H17ClO3/c1-18-11-7-5-6-10(12(11)15)14(13(16)17)8-3-2-4-9-14/h5-7H,2-4,8-9H2,1H3,(H,16,17). The van der Waals surface area contributed by atoms with Gasteiger partial charge in [0.15, 0.2) is 0 Å². The number of benzene rings is 1. The number of hydrogen-bond acceptors (Lipinski definition) is 2. The number of carboxylic acid groups (broad SMARTS) is 1. The molecule has 0 atom stereocenters. The number of methoxy groups -OCH3 is 1. The molecule has 1 aromatic rings. The molecule has 0 unspecified atom stereocenters. The Kier molecular flexibility index (Phi) is 3.81. The van der Waals surface area contributed by atoms with E-state index in [4.69, 9.17) is 16.3 Å². The summed E-state index contributed by atoms with van der Waals surface area (Å²) in [6, 6.07) is 5.37. The maximum Gasteiger partial charge on any atom is 0.314 e. The largest absolute Gasteiger partial charge is 0.495 e. The molecule has 0 radical (unpaired) electrons. The zero-order valence-corrected chi connectivity index (χ0v) is 11.2. The van der Waals surface area contributed by atoms with Crippen LogP contribution < -0.4 is 4.74 Å². The highest BCUT2D eigenvalue weighted by atomic mass is 35.5. The Balaban J connectivity index is 2.52. The number of ether oxygens (including phenoxy) is 1. The Morgan fingerprint density at radius 1 is 1.33 bits per heavy atom. The Morgan fingerprint density at radius 3 is 2.56 bits per heavy atom. The van der Waals surface area contributed by atoms with Gasteiger partial charge in [0, 0.05) is 0 Å². The van der Waals surface area contributed by atoms with Crippen molar-refractivity contribution >= 4 is 17.6 Å². The van der Waals surface area contributed by atoms with Crippen LogP contribution >= 0.6 is 11.6 Å². The lowest BCUT2D eigenvalue weighted by Gasteiger charge is -2.34. The summed E-state index contributed by atoms with van der Waals surface area (Å²) in [5.74, 6) is -0.238. The topological polar surface area (TPSA) is 46.5 Å². The van der Waals surface area contributed by atoms with Crippen LogP contribution in [0.15, 0.2) is 18.2 Å². The number of hydrogen-bond donors (Lipinski definition) is 1. The van der Waals surface area contributed by atoms with Crippen LogP contribution in [0.25, 0.3) is 0 Å². The minimum Gasteiger partial charge on any atom is -0.495 e. The van der Waals surface area contributed by atoms with Gasteiger partial charge in [-0.15, -0.1) is 0 Å². The third-order valence-electron chi connectivity index (χ3n) is 3.82. The predicted octanol–water partition coefficient (Wildman–Crippen LogP) is 3.64. The second kappa shape index (κ2) is 5.19. The summed E-state index contributed by atoms with van der Waals surface area (Å²) in [6.07, 6.45) is 4.25. The van der Waals surface area contributed by atoms with E-state index in [0.717, 1.165) is 19.3 Å². The molecule has 1 fully saturated rings. The fraction of sp³-hybridized carbons (Fsp3) is 0.500. The van der Waals surface area contributed by atoms with E-state index < -0.39 is 11.4 Å². The van der Waals surface area contributed by atoms with Crippen LogP contribution in [0.2, 0.25) is 5.02 Å². The highest BCUT2D eigenvalue weighted by Gasteiger charge is 2.43. The second-order valence-electron chi connectivity index (χ2n) is 4.77. The number of carboxylic acids is 1. The summed E-state index contributed by atoms with van der Waals surface area (Å²) in [5.41, 5.74) is -0.153. The van der Waals surface area contributed by atoms with Crippen LogP contribution in [-0.2, 0) is 10.2 Å². The van der Waals surface area contributed by atoms with Gasteiger partial charge in [0.25, 0.3) is 0 Å². The fourth-order valence-corrected chi connectivity index (χ4v) is 3.18. The van der Waals surface area contributed by atoms with Gasteiger partial charge in [-0.1, -0.05) is 43.0 Å². The zero-order chi connectivity index (χ0) is 13.2. The van der Waals surface area contributed by atoms with Crippen molar-refractivity contribution in [1.82, 2.24) is 0 Å². The molecule has 0 saturated heterocycles. The molecule has 3 nitrogen and oxygen atoms in total. The van der Waals surface area contributed by atoms with Crippen molar-refractivity contribution in [2.75, 3.05) is 7.11 Å². The van der Waals surface area contributed by atoms with E-state index in [1.54, 1.807) is 19.2 Å². The van der Waals surface area contributed by atoms with Crippen molar-refractivity contribution in [1.29, 1.82) is 0 Å². The molecular formula is C14H17ClO3. The van der Waals surface area contributed by atoms with Crippen LogP contribution in [0.5, 0.6) is 5.75 Å². The van der Waals surface area contributed by atoms with E-state index in [-0.39, 0.29) is 0 Å². The van der Waals surface area contributed by atoms with Crippen LogP contribution in [-0.4, -0.2) is 18.2 Å². The van der Waals surface area contributed by atoms with Crippen LogP contribution in [0.1, 0.15) is 37.7 Å². The molecule has 0 aromatic heterocycles. The quantitative estimate of drug-likeness (QED) is 0.910. The molecule has 0 bridgehead atoms. The van der Waals surface area contributed by atoms with Crippen molar-refractivity contribution in [3.63, 3.8) is 0 Å². The maximum absolute atomic E-state index is 11.7. The number of aliphatic carboxylic acids is 1. The molecule has 0 amide bonds. The molecule has 2 rings (SSSR count). The molecule has 18 heavy (non-hydrogen) atoms. The average molecular weight is 269 g/mol. The van der Waals surface area contributed by atoms with Crippen LogP contribution in [0, 0.1) is 0 Å². The molecular weight excluding hydrogens is 252 g/mol. The van der Waals surface area contributed by atoms with E-state index in [2.05, 4.69) is 0 Å². The monoisotopic (exact) mass is 268 g/mol.